The summed E-state index contributed by atoms with van der Waals surface area (Å²) in [6, 6.07) is 12.8. The van der Waals surface area contributed by atoms with Crippen LogP contribution in [-0.2, 0) is 20.8 Å². The van der Waals surface area contributed by atoms with Crippen LogP contribution in [0.3, 0.4) is 0 Å². The molecular formula is C32H44FN3O5. The monoisotopic (exact) mass is 569 g/mol. The van der Waals surface area contributed by atoms with Crippen LogP contribution >= 0.6 is 0 Å². The lowest BCUT2D eigenvalue weighted by Crippen LogP contribution is -2.44. The van der Waals surface area contributed by atoms with Gasteiger partial charge in [-0.05, 0) is 76.6 Å². The first-order chi connectivity index (χ1) is 19.5. The minimum absolute atomic E-state index is 0.134. The Morgan fingerprint density at radius 3 is 2.46 bits per heavy atom. The molecule has 4 rings (SSSR count). The number of methoxy groups -OCH3 is 1. The van der Waals surface area contributed by atoms with Crippen molar-refractivity contribution < 1.29 is 28.2 Å². The molecule has 1 aliphatic heterocycles. The van der Waals surface area contributed by atoms with Crippen LogP contribution in [0.1, 0.15) is 69.9 Å². The first-order valence-corrected chi connectivity index (χ1v) is 14.5. The van der Waals surface area contributed by atoms with Crippen LogP contribution in [0.15, 0.2) is 42.5 Å². The lowest BCUT2D eigenvalue weighted by molar-refractivity contribution is -0.145. The van der Waals surface area contributed by atoms with Crippen molar-refractivity contribution in [2.24, 2.45) is 0 Å². The molecule has 41 heavy (non-hydrogen) atoms. The molecule has 1 saturated carbocycles. The Balaban J connectivity index is 1.42. The van der Waals surface area contributed by atoms with Gasteiger partial charge in [0.05, 0.1) is 13.7 Å². The molecule has 0 radical (unpaired) electrons. The first kappa shape index (κ1) is 30.6. The Kier molecular flexibility index (Phi) is 9.79. The van der Waals surface area contributed by atoms with Gasteiger partial charge in [-0.25, -0.2) is 14.0 Å². The number of esters is 1. The second-order valence-corrected chi connectivity index (χ2v) is 12.1. The van der Waals surface area contributed by atoms with E-state index in [0.29, 0.717) is 11.7 Å². The molecule has 9 heteroatoms. The fourth-order valence-electron chi connectivity index (χ4n) is 6.05. The SMILES string of the molecule is CNCc1ccccc1C1CCC(N(C)c2cc(F)cc(O[C@H]3C[C@@H](C(=O)OC)N(C(=O)OC(C)(C)C)C3)c2)CC1. The van der Waals surface area contributed by atoms with Crippen molar-refractivity contribution in [1.29, 1.82) is 0 Å². The summed E-state index contributed by atoms with van der Waals surface area (Å²) in [6.07, 6.45) is 3.28. The van der Waals surface area contributed by atoms with E-state index >= 15 is 0 Å². The standard InChI is InChI=1S/C32H44FN3O5/c1-32(2,3)41-31(38)36-20-27(18-29(36)30(37)39-6)40-26-16-23(33)15-25(17-26)35(5)24-13-11-21(12-14-24)28-10-8-7-9-22(28)19-34-4/h7-10,15-17,21,24,27,29,34H,11-14,18-20H2,1-6H3/t21?,24?,27-,29-/m0/s1. The number of anilines is 1. The highest BCUT2D eigenvalue weighted by molar-refractivity contribution is 5.82. The second kappa shape index (κ2) is 13.1. The minimum atomic E-state index is -0.830. The molecule has 1 saturated heterocycles. The molecular weight excluding hydrogens is 525 g/mol. The van der Waals surface area contributed by atoms with E-state index in [1.165, 1.54) is 35.3 Å². The Morgan fingerprint density at radius 1 is 1.10 bits per heavy atom. The molecule has 0 aromatic heterocycles. The van der Waals surface area contributed by atoms with E-state index in [0.717, 1.165) is 37.9 Å². The molecule has 0 spiro atoms. The molecule has 0 bridgehead atoms. The van der Waals surface area contributed by atoms with Gasteiger partial charge in [0.25, 0.3) is 0 Å². The van der Waals surface area contributed by atoms with Crippen molar-refractivity contribution in [3.05, 3.63) is 59.4 Å². The van der Waals surface area contributed by atoms with Gasteiger partial charge >= 0.3 is 12.1 Å². The van der Waals surface area contributed by atoms with Gasteiger partial charge in [0.1, 0.15) is 29.3 Å². The van der Waals surface area contributed by atoms with Crippen molar-refractivity contribution in [2.45, 2.75) is 89.1 Å². The smallest absolute Gasteiger partial charge is 0.411 e. The third kappa shape index (κ3) is 7.70. The predicted octanol–water partition coefficient (Wildman–Crippen LogP) is 5.64. The average molecular weight is 570 g/mol. The number of nitrogens with zero attached hydrogens (tertiary/aromatic N) is 2. The molecule has 2 atom stereocenters. The normalized spacial score (nSPS) is 22.8. The number of ether oxygens (including phenoxy) is 3. The van der Waals surface area contributed by atoms with Gasteiger partial charge in [-0.1, -0.05) is 24.3 Å². The van der Waals surface area contributed by atoms with Crippen LogP contribution < -0.4 is 15.0 Å². The fraction of sp³-hybridized carbons (Fsp3) is 0.562. The zero-order valence-corrected chi connectivity index (χ0v) is 25.1. The van der Waals surface area contributed by atoms with E-state index < -0.39 is 35.6 Å². The number of carbonyl (C=O) groups excluding carboxylic acids is 2. The topological polar surface area (TPSA) is 80.3 Å². The number of rotatable bonds is 8. The zero-order chi connectivity index (χ0) is 29.7. The lowest BCUT2D eigenvalue weighted by atomic mass is 9.79. The van der Waals surface area contributed by atoms with Crippen molar-refractivity contribution in [1.82, 2.24) is 10.2 Å². The van der Waals surface area contributed by atoms with E-state index in [1.54, 1.807) is 20.8 Å². The van der Waals surface area contributed by atoms with Crippen LogP contribution in [0.4, 0.5) is 14.9 Å². The molecule has 2 fully saturated rings. The Morgan fingerprint density at radius 2 is 1.80 bits per heavy atom. The molecule has 1 amide bonds. The van der Waals surface area contributed by atoms with Gasteiger partial charge in [-0.2, -0.15) is 0 Å². The van der Waals surface area contributed by atoms with Gasteiger partial charge in [0.15, 0.2) is 0 Å². The number of halogens is 1. The van der Waals surface area contributed by atoms with Crippen LogP contribution in [-0.4, -0.2) is 68.5 Å². The van der Waals surface area contributed by atoms with Crippen LogP contribution in [0.25, 0.3) is 0 Å². The van der Waals surface area contributed by atoms with Gasteiger partial charge in [0, 0.05) is 43.9 Å². The molecule has 2 aromatic rings. The summed E-state index contributed by atoms with van der Waals surface area (Å²) in [5.74, 6) is -0.0498. The highest BCUT2D eigenvalue weighted by Crippen LogP contribution is 2.38. The largest absolute Gasteiger partial charge is 0.488 e. The fourth-order valence-corrected chi connectivity index (χ4v) is 6.05. The molecule has 2 aromatic carbocycles. The number of nitrogens with one attached hydrogen (secondary N) is 1. The highest BCUT2D eigenvalue weighted by Gasteiger charge is 2.43. The van der Waals surface area contributed by atoms with Crippen LogP contribution in [0.5, 0.6) is 5.75 Å². The quantitative estimate of drug-likeness (QED) is 0.412. The lowest BCUT2D eigenvalue weighted by Gasteiger charge is -2.37. The summed E-state index contributed by atoms with van der Waals surface area (Å²) < 4.78 is 31.4. The number of hydrogen-bond acceptors (Lipinski definition) is 7. The molecule has 224 valence electrons. The molecule has 2 aliphatic rings. The van der Waals surface area contributed by atoms with E-state index in [-0.39, 0.29) is 19.0 Å². The first-order valence-electron chi connectivity index (χ1n) is 14.5. The summed E-state index contributed by atoms with van der Waals surface area (Å²) in [6.45, 7) is 6.29. The van der Waals surface area contributed by atoms with Crippen LogP contribution in [0.2, 0.25) is 0 Å². The molecule has 1 N–H and O–H groups in total. The Hall–Kier alpha value is -3.33. The van der Waals surface area contributed by atoms with Crippen molar-refractivity contribution in [2.75, 3.05) is 32.6 Å². The Labute approximate surface area is 243 Å². The number of benzene rings is 2. The summed E-state index contributed by atoms with van der Waals surface area (Å²) in [7, 11) is 5.26. The van der Waals surface area contributed by atoms with Crippen molar-refractivity contribution in [3.8, 4) is 5.75 Å². The molecule has 1 aliphatic carbocycles. The second-order valence-electron chi connectivity index (χ2n) is 12.1. The summed E-state index contributed by atoms with van der Waals surface area (Å²) in [5.41, 5.74) is 2.80. The zero-order valence-electron chi connectivity index (χ0n) is 25.1. The van der Waals surface area contributed by atoms with E-state index in [2.05, 4.69) is 34.5 Å². The van der Waals surface area contributed by atoms with E-state index in [4.69, 9.17) is 14.2 Å². The average Bonchev–Trinajstić information content (AvgIpc) is 3.35. The molecule has 0 unspecified atom stereocenters. The van der Waals surface area contributed by atoms with Gasteiger partial charge in [0.2, 0.25) is 0 Å². The maximum absolute atomic E-state index is 14.8. The van der Waals surface area contributed by atoms with Gasteiger partial charge < -0.3 is 24.4 Å². The predicted molar refractivity (Wildman–Crippen MR) is 157 cm³/mol. The number of likely N-dealkylation sites (tertiary alicyclic amines) is 1. The van der Waals surface area contributed by atoms with Crippen molar-refractivity contribution in [3.63, 3.8) is 0 Å². The van der Waals surface area contributed by atoms with E-state index in [9.17, 15) is 14.0 Å². The van der Waals surface area contributed by atoms with Gasteiger partial charge in [-0.3, -0.25) is 4.90 Å². The van der Waals surface area contributed by atoms with Crippen LogP contribution in [0, 0.1) is 5.82 Å². The maximum Gasteiger partial charge on any atom is 0.411 e. The summed E-state index contributed by atoms with van der Waals surface area (Å²) >= 11 is 0. The van der Waals surface area contributed by atoms with Crippen molar-refractivity contribution >= 4 is 17.7 Å². The van der Waals surface area contributed by atoms with Gasteiger partial charge in [-0.15, -0.1) is 0 Å². The third-order valence-electron chi connectivity index (χ3n) is 8.04. The minimum Gasteiger partial charge on any atom is -0.488 e. The number of hydrogen-bond donors (Lipinski definition) is 1. The number of amides is 1. The maximum atomic E-state index is 14.8. The Bertz CT molecular complexity index is 1210. The van der Waals surface area contributed by atoms with E-state index in [1.807, 2.05) is 20.2 Å². The number of carbonyl (C=O) groups is 2. The molecule has 1 heterocycles. The summed E-state index contributed by atoms with van der Waals surface area (Å²) in [5, 5.41) is 3.27. The highest BCUT2D eigenvalue weighted by atomic mass is 19.1. The molecule has 8 nitrogen and oxygen atoms in total. The third-order valence-corrected chi connectivity index (χ3v) is 8.04. The summed E-state index contributed by atoms with van der Waals surface area (Å²) in [4.78, 5) is 28.7.